The Bertz CT molecular complexity index is 878. The molecule has 5 rings (SSSR count). The SMILES string of the molecule is Cc1cn2nc(N3CCCC(c4[nH]ncc4CN4CCOCC4)C3)sc2n1. The van der Waals surface area contributed by atoms with Crippen LogP contribution in [0.2, 0.25) is 0 Å². The molecule has 9 heteroatoms. The molecular weight excluding hydrogens is 362 g/mol. The van der Waals surface area contributed by atoms with Gasteiger partial charge >= 0.3 is 0 Å². The second-order valence-corrected chi connectivity index (χ2v) is 8.41. The average Bonchev–Trinajstić information content (AvgIpc) is 3.37. The van der Waals surface area contributed by atoms with Gasteiger partial charge in [-0.2, -0.15) is 5.10 Å². The maximum atomic E-state index is 5.47. The predicted octanol–water partition coefficient (Wildman–Crippen LogP) is 2.04. The van der Waals surface area contributed by atoms with Gasteiger partial charge in [-0.25, -0.2) is 9.50 Å². The topological polar surface area (TPSA) is 74.6 Å². The van der Waals surface area contributed by atoms with E-state index in [9.17, 15) is 0 Å². The van der Waals surface area contributed by atoms with Crippen LogP contribution >= 0.6 is 11.3 Å². The number of hydrogen-bond acceptors (Lipinski definition) is 7. The third kappa shape index (κ3) is 3.46. The monoisotopic (exact) mass is 387 g/mol. The summed E-state index contributed by atoms with van der Waals surface area (Å²) in [5.74, 6) is 0.468. The molecule has 3 aromatic rings. The van der Waals surface area contributed by atoms with E-state index < -0.39 is 0 Å². The number of ether oxygens (including phenoxy) is 1. The smallest absolute Gasteiger partial charge is 0.214 e. The summed E-state index contributed by atoms with van der Waals surface area (Å²) in [4.78, 5) is 10.4. The third-order valence-corrected chi connectivity index (χ3v) is 6.49. The molecule has 0 amide bonds. The van der Waals surface area contributed by atoms with Gasteiger partial charge in [-0.05, 0) is 19.8 Å². The first-order valence-corrected chi connectivity index (χ1v) is 10.5. The molecule has 2 aliphatic rings. The highest BCUT2D eigenvalue weighted by Gasteiger charge is 2.27. The Labute approximate surface area is 162 Å². The third-order valence-electron chi connectivity index (χ3n) is 5.50. The van der Waals surface area contributed by atoms with Crippen LogP contribution in [0.3, 0.4) is 0 Å². The first-order valence-electron chi connectivity index (χ1n) is 9.66. The Hall–Kier alpha value is -1.97. The Morgan fingerprint density at radius 1 is 1.30 bits per heavy atom. The molecule has 3 aromatic heterocycles. The Morgan fingerprint density at radius 3 is 3.04 bits per heavy atom. The number of aromatic amines is 1. The lowest BCUT2D eigenvalue weighted by molar-refractivity contribution is 0.0340. The fourth-order valence-electron chi connectivity index (χ4n) is 4.11. The van der Waals surface area contributed by atoms with Gasteiger partial charge in [0.15, 0.2) is 0 Å². The summed E-state index contributed by atoms with van der Waals surface area (Å²) in [6, 6.07) is 0. The van der Waals surface area contributed by atoms with Crippen molar-refractivity contribution < 1.29 is 4.74 Å². The Morgan fingerprint density at radius 2 is 2.19 bits per heavy atom. The van der Waals surface area contributed by atoms with Gasteiger partial charge in [-0.1, -0.05) is 11.3 Å². The van der Waals surface area contributed by atoms with E-state index in [-0.39, 0.29) is 0 Å². The highest BCUT2D eigenvalue weighted by atomic mass is 32.1. The van der Waals surface area contributed by atoms with Gasteiger partial charge in [-0.3, -0.25) is 10.00 Å². The van der Waals surface area contributed by atoms with E-state index in [1.165, 1.54) is 24.1 Å². The molecule has 5 heterocycles. The Kier molecular flexibility index (Phi) is 4.58. The van der Waals surface area contributed by atoms with E-state index in [4.69, 9.17) is 9.84 Å². The van der Waals surface area contributed by atoms with Gasteiger partial charge < -0.3 is 9.64 Å². The van der Waals surface area contributed by atoms with Crippen molar-refractivity contribution in [2.75, 3.05) is 44.3 Å². The van der Waals surface area contributed by atoms with Gasteiger partial charge in [0.2, 0.25) is 10.1 Å². The summed E-state index contributed by atoms with van der Waals surface area (Å²) in [7, 11) is 0. The lowest BCUT2D eigenvalue weighted by atomic mass is 9.92. The quantitative estimate of drug-likeness (QED) is 0.738. The maximum absolute atomic E-state index is 5.47. The zero-order chi connectivity index (χ0) is 18.2. The summed E-state index contributed by atoms with van der Waals surface area (Å²) in [6.07, 6.45) is 6.36. The van der Waals surface area contributed by atoms with Gasteiger partial charge in [0.05, 0.1) is 31.3 Å². The molecule has 1 unspecified atom stereocenters. The van der Waals surface area contributed by atoms with Crippen molar-refractivity contribution in [3.8, 4) is 0 Å². The van der Waals surface area contributed by atoms with Crippen LogP contribution in [0.4, 0.5) is 5.13 Å². The molecule has 2 aliphatic heterocycles. The van der Waals surface area contributed by atoms with E-state index >= 15 is 0 Å². The second kappa shape index (κ2) is 7.21. The van der Waals surface area contributed by atoms with Crippen molar-refractivity contribution in [1.29, 1.82) is 0 Å². The minimum atomic E-state index is 0.468. The van der Waals surface area contributed by atoms with Crippen molar-refractivity contribution in [2.45, 2.75) is 32.2 Å². The van der Waals surface area contributed by atoms with E-state index in [1.807, 2.05) is 23.8 Å². The number of aromatic nitrogens is 5. The number of hydrogen-bond donors (Lipinski definition) is 1. The number of nitrogens with one attached hydrogen (secondary N) is 1. The number of fused-ring (bicyclic) bond motifs is 1. The molecule has 27 heavy (non-hydrogen) atoms. The first-order chi connectivity index (χ1) is 13.3. The van der Waals surface area contributed by atoms with Crippen LogP contribution in [0, 0.1) is 6.92 Å². The molecule has 0 aromatic carbocycles. The van der Waals surface area contributed by atoms with Crippen LogP contribution in [-0.2, 0) is 11.3 Å². The number of imidazole rings is 1. The molecular formula is C18H25N7OS. The molecule has 144 valence electrons. The lowest BCUT2D eigenvalue weighted by Gasteiger charge is -2.33. The zero-order valence-corrected chi connectivity index (χ0v) is 16.4. The van der Waals surface area contributed by atoms with E-state index in [0.29, 0.717) is 5.92 Å². The number of nitrogens with zero attached hydrogens (tertiary/aromatic N) is 6. The van der Waals surface area contributed by atoms with Gasteiger partial charge in [0.25, 0.3) is 0 Å². The van der Waals surface area contributed by atoms with Crippen molar-refractivity contribution in [2.24, 2.45) is 0 Å². The molecule has 0 bridgehead atoms. The molecule has 0 saturated carbocycles. The molecule has 0 spiro atoms. The van der Waals surface area contributed by atoms with Crippen molar-refractivity contribution in [3.63, 3.8) is 0 Å². The van der Waals surface area contributed by atoms with Crippen LogP contribution in [0.25, 0.3) is 4.96 Å². The number of morpholine rings is 1. The first kappa shape index (κ1) is 17.2. The highest BCUT2D eigenvalue weighted by Crippen LogP contribution is 2.33. The summed E-state index contributed by atoms with van der Waals surface area (Å²) in [5.41, 5.74) is 3.64. The van der Waals surface area contributed by atoms with E-state index in [2.05, 4.69) is 25.0 Å². The number of piperidine rings is 1. The minimum absolute atomic E-state index is 0.468. The highest BCUT2D eigenvalue weighted by molar-refractivity contribution is 7.20. The van der Waals surface area contributed by atoms with E-state index in [0.717, 1.165) is 61.7 Å². The number of H-pyrrole nitrogens is 1. The van der Waals surface area contributed by atoms with Crippen LogP contribution < -0.4 is 4.90 Å². The predicted molar refractivity (Wildman–Crippen MR) is 104 cm³/mol. The summed E-state index contributed by atoms with van der Waals surface area (Å²) < 4.78 is 7.37. The molecule has 2 fully saturated rings. The van der Waals surface area contributed by atoms with Crippen molar-refractivity contribution >= 4 is 21.4 Å². The number of rotatable bonds is 4. The molecule has 2 saturated heterocycles. The van der Waals surface area contributed by atoms with Gasteiger partial charge in [-0.15, -0.1) is 5.10 Å². The van der Waals surface area contributed by atoms with Gasteiger partial charge in [0, 0.05) is 49.9 Å². The molecule has 8 nitrogen and oxygen atoms in total. The molecule has 0 radical (unpaired) electrons. The maximum Gasteiger partial charge on any atom is 0.214 e. The van der Waals surface area contributed by atoms with Crippen molar-refractivity contribution in [1.82, 2.24) is 29.7 Å². The average molecular weight is 388 g/mol. The van der Waals surface area contributed by atoms with Crippen LogP contribution in [0.1, 0.15) is 35.7 Å². The van der Waals surface area contributed by atoms with Crippen LogP contribution in [0.15, 0.2) is 12.4 Å². The van der Waals surface area contributed by atoms with Crippen LogP contribution in [0.5, 0.6) is 0 Å². The molecule has 1 N–H and O–H groups in total. The summed E-state index contributed by atoms with van der Waals surface area (Å²) >= 11 is 1.68. The molecule has 1 atom stereocenters. The fraction of sp³-hybridized carbons (Fsp3) is 0.611. The van der Waals surface area contributed by atoms with Crippen molar-refractivity contribution in [3.05, 3.63) is 29.3 Å². The van der Waals surface area contributed by atoms with E-state index in [1.54, 1.807) is 11.3 Å². The zero-order valence-electron chi connectivity index (χ0n) is 15.6. The second-order valence-electron chi connectivity index (χ2n) is 7.48. The molecule has 0 aliphatic carbocycles. The lowest BCUT2D eigenvalue weighted by Crippen LogP contribution is -2.37. The summed E-state index contributed by atoms with van der Waals surface area (Å²) in [6.45, 7) is 8.65. The standard InChI is InChI=1S/C18H25N7OS/c1-13-10-25-17(20-13)27-18(22-25)24-4-2-3-14(12-24)16-15(9-19-21-16)11-23-5-7-26-8-6-23/h9-10,14H,2-8,11-12H2,1H3,(H,19,21). The Balaban J connectivity index is 1.32. The number of anilines is 1. The van der Waals surface area contributed by atoms with Crippen LogP contribution in [-0.4, -0.2) is 69.1 Å². The minimum Gasteiger partial charge on any atom is -0.379 e. The van der Waals surface area contributed by atoms with Gasteiger partial charge in [0.1, 0.15) is 0 Å². The fourth-order valence-corrected chi connectivity index (χ4v) is 5.08. The normalized spacial score (nSPS) is 22.0. The summed E-state index contributed by atoms with van der Waals surface area (Å²) in [5, 5.41) is 13.5. The largest absolute Gasteiger partial charge is 0.379 e. The number of aryl methyl sites for hydroxylation is 1.